The van der Waals surface area contributed by atoms with Crippen LogP contribution in [-0.2, 0) is 14.6 Å². The fraction of sp³-hybridized carbons (Fsp3) is 0.967. The number of amides is 1. The van der Waals surface area contributed by atoms with E-state index in [-0.39, 0.29) is 65.4 Å². The van der Waals surface area contributed by atoms with E-state index in [0.717, 1.165) is 32.1 Å². The Hall–Kier alpha value is -0.800. The molecular weight excluding hydrogens is 524 g/mol. The van der Waals surface area contributed by atoms with Gasteiger partial charge >= 0.3 is 0 Å². The van der Waals surface area contributed by atoms with Crippen LogP contribution in [0.1, 0.15) is 91.9 Å². The lowest BCUT2D eigenvalue weighted by atomic mass is 9.43. The first-order valence-corrected chi connectivity index (χ1v) is 17.2. The lowest BCUT2D eigenvalue weighted by molar-refractivity contribution is -0.236. The minimum absolute atomic E-state index is 0.00841. The Balaban J connectivity index is 1.26. The van der Waals surface area contributed by atoms with Gasteiger partial charge in [0.15, 0.2) is 9.84 Å². The Morgan fingerprint density at radius 1 is 1.05 bits per heavy atom. The lowest BCUT2D eigenvalue weighted by Crippen LogP contribution is -2.62. The summed E-state index contributed by atoms with van der Waals surface area (Å²) in [6.07, 6.45) is 3.62. The SMILES string of the molecule is CCN(C(=O)CC[C@@H](C)[C@H]1CC[C@H]2[C@@H]3[C@@H](O)C[C@@H]4C[C@@H](O)C(F)(F)C[C@]4(C)[C@H]3CC[C@]12C)C1CCS(=O)(=O)C1. The summed E-state index contributed by atoms with van der Waals surface area (Å²) in [6, 6.07) is -0.210. The van der Waals surface area contributed by atoms with Crippen LogP contribution in [0, 0.1) is 46.3 Å². The van der Waals surface area contributed by atoms with Gasteiger partial charge in [0.2, 0.25) is 5.91 Å². The maximum atomic E-state index is 14.8. The minimum Gasteiger partial charge on any atom is -0.393 e. The standard InChI is InChI=1S/C30H49F2NO5S/c1-5-33(20-11-13-39(37,38)16-20)26(36)9-6-18(2)21-7-8-22-27-23(10-12-28(21,22)3)29(4)17-30(31,32)25(35)15-19(29)14-24(27)34/h18-25,27,34-35H,5-17H2,1-4H3/t18-,19-,20?,21-,22+,23+,24+,25-,27+,28-,29+/m1/s1. The Labute approximate surface area is 233 Å². The van der Waals surface area contributed by atoms with Gasteiger partial charge in [-0.15, -0.1) is 0 Å². The van der Waals surface area contributed by atoms with E-state index >= 15 is 0 Å². The molecule has 6 nitrogen and oxygen atoms in total. The van der Waals surface area contributed by atoms with Crippen molar-refractivity contribution >= 4 is 15.7 Å². The molecular formula is C30H49F2NO5S. The number of fused-ring (bicyclic) bond motifs is 5. The highest BCUT2D eigenvalue weighted by Gasteiger charge is 2.66. The Bertz CT molecular complexity index is 1050. The van der Waals surface area contributed by atoms with Gasteiger partial charge in [-0.1, -0.05) is 20.8 Å². The number of nitrogens with zero attached hydrogens (tertiary/aromatic N) is 1. The molecule has 0 aromatic rings. The predicted molar refractivity (Wildman–Crippen MR) is 146 cm³/mol. The van der Waals surface area contributed by atoms with E-state index < -0.39 is 33.4 Å². The van der Waals surface area contributed by atoms with Gasteiger partial charge in [0, 0.05) is 25.4 Å². The van der Waals surface area contributed by atoms with Crippen molar-refractivity contribution in [3.63, 3.8) is 0 Å². The van der Waals surface area contributed by atoms with Crippen molar-refractivity contribution in [1.29, 1.82) is 0 Å². The molecule has 9 heteroatoms. The summed E-state index contributed by atoms with van der Waals surface area (Å²) in [5.41, 5.74) is -0.560. The molecule has 0 bridgehead atoms. The molecule has 0 aromatic heterocycles. The third-order valence-corrected chi connectivity index (χ3v) is 14.3. The van der Waals surface area contributed by atoms with Crippen LogP contribution in [0.4, 0.5) is 8.78 Å². The van der Waals surface area contributed by atoms with Gasteiger partial charge in [-0.3, -0.25) is 4.79 Å². The number of sulfone groups is 1. The molecule has 0 spiro atoms. The summed E-state index contributed by atoms with van der Waals surface area (Å²) in [7, 11) is -3.05. The number of alkyl halides is 2. The third kappa shape index (κ3) is 4.98. The van der Waals surface area contributed by atoms with Crippen LogP contribution in [0.3, 0.4) is 0 Å². The van der Waals surface area contributed by atoms with Crippen LogP contribution in [0.25, 0.3) is 0 Å². The predicted octanol–water partition coefficient (Wildman–Crippen LogP) is 4.67. The fourth-order valence-electron chi connectivity index (χ4n) is 10.6. The van der Waals surface area contributed by atoms with Gasteiger partial charge < -0.3 is 15.1 Å². The number of halogens is 2. The third-order valence-electron chi connectivity index (χ3n) is 12.6. The van der Waals surface area contributed by atoms with Gasteiger partial charge in [0.25, 0.3) is 5.92 Å². The van der Waals surface area contributed by atoms with Gasteiger partial charge in [-0.25, -0.2) is 17.2 Å². The zero-order valence-electron chi connectivity index (χ0n) is 24.1. The number of rotatable bonds is 6. The zero-order chi connectivity index (χ0) is 28.5. The molecule has 1 heterocycles. The molecule has 4 saturated carbocycles. The van der Waals surface area contributed by atoms with Crippen molar-refractivity contribution in [1.82, 2.24) is 4.90 Å². The molecule has 2 N–H and O–H groups in total. The van der Waals surface area contributed by atoms with E-state index in [2.05, 4.69) is 13.8 Å². The van der Waals surface area contributed by atoms with E-state index in [9.17, 15) is 32.2 Å². The van der Waals surface area contributed by atoms with Gasteiger partial charge in [-0.2, -0.15) is 0 Å². The Kier molecular flexibility index (Phi) is 7.75. The second-order valence-electron chi connectivity index (χ2n) is 14.5. The highest BCUT2D eigenvalue weighted by atomic mass is 32.2. The smallest absolute Gasteiger partial charge is 0.274 e. The summed E-state index contributed by atoms with van der Waals surface area (Å²) in [6.45, 7) is 9.00. The Morgan fingerprint density at radius 3 is 2.38 bits per heavy atom. The highest BCUT2D eigenvalue weighted by molar-refractivity contribution is 7.91. The van der Waals surface area contributed by atoms with Crippen LogP contribution in [0.5, 0.6) is 0 Å². The molecule has 5 rings (SSSR count). The number of hydrogen-bond donors (Lipinski definition) is 2. The van der Waals surface area contributed by atoms with Gasteiger partial charge in [0.1, 0.15) is 6.10 Å². The molecule has 4 aliphatic carbocycles. The lowest BCUT2D eigenvalue weighted by Gasteiger charge is -2.63. The number of hydrogen-bond acceptors (Lipinski definition) is 5. The number of carbonyl (C=O) groups excluding carboxylic acids is 1. The second kappa shape index (κ2) is 10.2. The average Bonchev–Trinajstić information content (AvgIpc) is 3.38. The molecule has 0 aromatic carbocycles. The van der Waals surface area contributed by atoms with Crippen molar-refractivity contribution in [2.24, 2.45) is 46.3 Å². The summed E-state index contributed by atoms with van der Waals surface area (Å²) in [4.78, 5) is 14.9. The molecule has 39 heavy (non-hydrogen) atoms. The van der Waals surface area contributed by atoms with Crippen molar-refractivity contribution in [2.75, 3.05) is 18.1 Å². The van der Waals surface area contributed by atoms with Crippen molar-refractivity contribution in [3.8, 4) is 0 Å². The van der Waals surface area contributed by atoms with Crippen molar-refractivity contribution < 1.29 is 32.2 Å². The van der Waals surface area contributed by atoms with Gasteiger partial charge in [-0.05, 0) is 105 Å². The Morgan fingerprint density at radius 2 is 1.74 bits per heavy atom. The first-order valence-electron chi connectivity index (χ1n) is 15.4. The topological polar surface area (TPSA) is 94.9 Å². The van der Waals surface area contributed by atoms with E-state index in [1.807, 2.05) is 13.8 Å². The average molecular weight is 574 g/mol. The van der Waals surface area contributed by atoms with Crippen LogP contribution >= 0.6 is 0 Å². The molecule has 1 amide bonds. The molecule has 5 aliphatic rings. The van der Waals surface area contributed by atoms with Crippen LogP contribution in [0.15, 0.2) is 0 Å². The van der Waals surface area contributed by atoms with Crippen molar-refractivity contribution in [3.05, 3.63) is 0 Å². The van der Waals surface area contributed by atoms with E-state index in [1.54, 1.807) is 4.90 Å². The minimum atomic E-state index is -3.08. The number of aliphatic hydroxyl groups excluding tert-OH is 2. The van der Waals surface area contributed by atoms with Crippen LogP contribution in [-0.4, -0.2) is 71.7 Å². The number of carbonyl (C=O) groups is 1. The highest BCUT2D eigenvalue weighted by Crippen LogP contribution is 2.69. The summed E-state index contributed by atoms with van der Waals surface area (Å²) < 4.78 is 53.5. The summed E-state index contributed by atoms with van der Waals surface area (Å²) >= 11 is 0. The van der Waals surface area contributed by atoms with Crippen molar-refractivity contribution in [2.45, 2.75) is 116 Å². The summed E-state index contributed by atoms with van der Waals surface area (Å²) in [5.74, 6) is -1.84. The van der Waals surface area contributed by atoms with E-state index in [1.165, 1.54) is 0 Å². The molecule has 224 valence electrons. The first-order chi connectivity index (χ1) is 18.1. The van der Waals surface area contributed by atoms with Crippen LogP contribution < -0.4 is 0 Å². The number of aliphatic hydroxyl groups is 2. The normalized spacial score (nSPS) is 47.1. The van der Waals surface area contributed by atoms with Crippen LogP contribution in [0.2, 0.25) is 0 Å². The van der Waals surface area contributed by atoms with E-state index in [4.69, 9.17) is 0 Å². The van der Waals surface area contributed by atoms with E-state index in [0.29, 0.717) is 37.6 Å². The first kappa shape index (κ1) is 29.7. The molecule has 0 radical (unpaired) electrons. The fourth-order valence-corrected chi connectivity index (χ4v) is 12.3. The quantitative estimate of drug-likeness (QED) is 0.482. The maximum absolute atomic E-state index is 14.8. The monoisotopic (exact) mass is 573 g/mol. The maximum Gasteiger partial charge on any atom is 0.274 e. The summed E-state index contributed by atoms with van der Waals surface area (Å²) in [5, 5.41) is 21.5. The molecule has 1 unspecified atom stereocenters. The largest absolute Gasteiger partial charge is 0.393 e. The molecule has 11 atom stereocenters. The molecule has 1 aliphatic heterocycles. The molecule has 1 saturated heterocycles. The molecule has 5 fully saturated rings. The zero-order valence-corrected chi connectivity index (χ0v) is 24.9. The van der Waals surface area contributed by atoms with Gasteiger partial charge in [0.05, 0.1) is 17.6 Å². The second-order valence-corrected chi connectivity index (χ2v) is 16.7.